The molecule has 11 unspecified atom stereocenters. The first-order chi connectivity index (χ1) is 26.9. The Morgan fingerprint density at radius 3 is 1.77 bits per heavy atom. The van der Waals surface area contributed by atoms with Gasteiger partial charge < -0.3 is 74.2 Å². The SMILES string of the molecule is CC[C@@]1(O)C[C@H](OC2CC(N(C)C)C(OC3CC(O)C(OC4CCC(O)C(C)O4)C(C)O3)C(C)O2)c2c(O)c3c(c(O)c2[C@H]1O)C(=O)c1c(O)ccc(O)c1C3=O. The molecule has 0 saturated carbocycles. The van der Waals surface area contributed by atoms with Crippen LogP contribution in [0.2, 0.25) is 0 Å². The molecule has 7 rings (SSSR count). The number of aromatic hydroxyl groups is 4. The summed E-state index contributed by atoms with van der Waals surface area (Å²) >= 11 is 0. The number of aliphatic hydroxyl groups excluding tert-OH is 3. The van der Waals surface area contributed by atoms with E-state index in [1.165, 1.54) is 0 Å². The minimum absolute atomic E-state index is 0.0409. The average molecular weight is 804 g/mol. The topological polar surface area (TPSA) is 255 Å². The van der Waals surface area contributed by atoms with Crippen LogP contribution in [0.1, 0.15) is 121 Å². The highest BCUT2D eigenvalue weighted by Crippen LogP contribution is 2.57. The number of nitrogens with zero attached hydrogens (tertiary/aromatic N) is 1. The van der Waals surface area contributed by atoms with Gasteiger partial charge in [0.25, 0.3) is 0 Å². The summed E-state index contributed by atoms with van der Waals surface area (Å²) in [6, 6.07) is 1.66. The van der Waals surface area contributed by atoms with E-state index in [9.17, 15) is 50.4 Å². The summed E-state index contributed by atoms with van der Waals surface area (Å²) in [5.74, 6) is -5.09. The van der Waals surface area contributed by atoms with Gasteiger partial charge in [0.2, 0.25) is 11.6 Å². The van der Waals surface area contributed by atoms with Crippen LogP contribution in [0, 0.1) is 0 Å². The number of carbonyl (C=O) groups is 2. The summed E-state index contributed by atoms with van der Waals surface area (Å²) in [7, 11) is 3.68. The van der Waals surface area contributed by atoms with E-state index in [1.54, 1.807) is 27.7 Å². The molecule has 3 aliphatic heterocycles. The molecule has 17 nitrogen and oxygen atoms in total. The summed E-state index contributed by atoms with van der Waals surface area (Å²) in [6.07, 6.45) is -9.12. The number of phenolic OH excluding ortho intramolecular Hbond substituents is 4. The molecule has 17 heteroatoms. The smallest absolute Gasteiger partial charge is 0.202 e. The number of likely N-dealkylation sites (N-methyl/N-ethyl adjacent to an activating group) is 1. The minimum Gasteiger partial charge on any atom is -0.507 e. The van der Waals surface area contributed by atoms with Crippen LogP contribution in [0.25, 0.3) is 0 Å². The molecule has 314 valence electrons. The third-order valence-electron chi connectivity index (χ3n) is 12.3. The fourth-order valence-electron chi connectivity index (χ4n) is 9.04. The summed E-state index contributed by atoms with van der Waals surface area (Å²) < 4.78 is 37.3. The lowest BCUT2D eigenvalue weighted by Crippen LogP contribution is -2.58. The molecule has 0 amide bonds. The predicted octanol–water partition coefficient (Wildman–Crippen LogP) is 2.14. The number of ketones is 2. The Bertz CT molecular complexity index is 1880. The molecule has 3 heterocycles. The Labute approximate surface area is 329 Å². The molecule has 2 aliphatic carbocycles. The molecule has 8 N–H and O–H groups in total. The van der Waals surface area contributed by atoms with E-state index in [0.29, 0.717) is 12.8 Å². The van der Waals surface area contributed by atoms with Crippen LogP contribution in [0.5, 0.6) is 23.0 Å². The molecule has 5 aliphatic rings. The van der Waals surface area contributed by atoms with Crippen LogP contribution in [0.3, 0.4) is 0 Å². The van der Waals surface area contributed by atoms with Gasteiger partial charge in [-0.2, -0.15) is 0 Å². The predicted molar refractivity (Wildman–Crippen MR) is 196 cm³/mol. The molecular weight excluding hydrogens is 750 g/mol. The first kappa shape index (κ1) is 41.7. The zero-order valence-corrected chi connectivity index (χ0v) is 32.7. The molecule has 0 bridgehead atoms. The maximum Gasteiger partial charge on any atom is 0.202 e. The van der Waals surface area contributed by atoms with E-state index >= 15 is 0 Å². The molecular formula is C40H53NO16. The average Bonchev–Trinajstić information content (AvgIpc) is 3.14. The van der Waals surface area contributed by atoms with Crippen LogP contribution in [0.4, 0.5) is 0 Å². The quantitative estimate of drug-likeness (QED) is 0.152. The summed E-state index contributed by atoms with van der Waals surface area (Å²) in [4.78, 5) is 29.5. The number of aliphatic hydroxyl groups is 4. The van der Waals surface area contributed by atoms with Crippen molar-refractivity contribution in [2.75, 3.05) is 14.1 Å². The third-order valence-corrected chi connectivity index (χ3v) is 12.3. The highest BCUT2D eigenvalue weighted by atomic mass is 16.7. The fraction of sp³-hybridized carbons (Fsp3) is 0.650. The van der Waals surface area contributed by atoms with Crippen molar-refractivity contribution in [2.45, 2.75) is 152 Å². The Morgan fingerprint density at radius 2 is 1.23 bits per heavy atom. The number of rotatable bonds is 8. The second-order valence-electron chi connectivity index (χ2n) is 16.2. The maximum absolute atomic E-state index is 13.8. The van der Waals surface area contributed by atoms with Gasteiger partial charge in [0, 0.05) is 42.9 Å². The van der Waals surface area contributed by atoms with Gasteiger partial charge in [-0.3, -0.25) is 9.59 Å². The van der Waals surface area contributed by atoms with Gasteiger partial charge in [-0.1, -0.05) is 6.92 Å². The highest BCUT2D eigenvalue weighted by molar-refractivity contribution is 6.32. The summed E-state index contributed by atoms with van der Waals surface area (Å²) in [5.41, 5.74) is -5.08. The lowest BCUT2D eigenvalue weighted by atomic mass is 9.70. The van der Waals surface area contributed by atoms with Crippen LogP contribution >= 0.6 is 0 Å². The Balaban J connectivity index is 1.12. The van der Waals surface area contributed by atoms with Crippen molar-refractivity contribution in [1.82, 2.24) is 4.90 Å². The molecule has 0 spiro atoms. The van der Waals surface area contributed by atoms with Crippen molar-refractivity contribution >= 4 is 11.6 Å². The zero-order valence-electron chi connectivity index (χ0n) is 32.7. The van der Waals surface area contributed by atoms with Crippen LogP contribution in [0.15, 0.2) is 12.1 Å². The highest BCUT2D eigenvalue weighted by Gasteiger charge is 2.53. The molecule has 2 aromatic carbocycles. The van der Waals surface area contributed by atoms with Crippen molar-refractivity contribution in [3.63, 3.8) is 0 Å². The van der Waals surface area contributed by atoms with Crippen LogP contribution < -0.4 is 0 Å². The molecule has 14 atom stereocenters. The molecule has 0 aromatic heterocycles. The lowest BCUT2D eigenvalue weighted by Gasteiger charge is -2.48. The number of phenols is 4. The summed E-state index contributed by atoms with van der Waals surface area (Å²) in [5, 5.41) is 88.8. The summed E-state index contributed by atoms with van der Waals surface area (Å²) in [6.45, 7) is 6.91. The first-order valence-corrected chi connectivity index (χ1v) is 19.5. The number of hydrogen-bond donors (Lipinski definition) is 8. The van der Waals surface area contributed by atoms with Gasteiger partial charge in [0.1, 0.15) is 41.3 Å². The third kappa shape index (κ3) is 7.20. The van der Waals surface area contributed by atoms with Gasteiger partial charge in [-0.25, -0.2) is 0 Å². The van der Waals surface area contributed by atoms with Crippen LogP contribution in [-0.2, 0) is 28.4 Å². The van der Waals surface area contributed by atoms with E-state index in [2.05, 4.69) is 0 Å². The number of benzene rings is 2. The maximum atomic E-state index is 13.8. The van der Waals surface area contributed by atoms with Gasteiger partial charge in [-0.05, 0) is 59.8 Å². The largest absolute Gasteiger partial charge is 0.507 e. The van der Waals surface area contributed by atoms with Crippen molar-refractivity contribution in [1.29, 1.82) is 0 Å². The monoisotopic (exact) mass is 803 g/mol. The van der Waals surface area contributed by atoms with E-state index in [4.69, 9.17) is 28.4 Å². The Kier molecular flexibility index (Phi) is 11.4. The van der Waals surface area contributed by atoms with Gasteiger partial charge in [0.05, 0.1) is 64.5 Å². The Morgan fingerprint density at radius 1 is 0.702 bits per heavy atom. The molecule has 2 aromatic rings. The second-order valence-corrected chi connectivity index (χ2v) is 16.2. The Hall–Kier alpha value is -3.46. The van der Waals surface area contributed by atoms with Gasteiger partial charge in [-0.15, -0.1) is 0 Å². The van der Waals surface area contributed by atoms with E-state index in [-0.39, 0.29) is 37.3 Å². The first-order valence-electron chi connectivity index (χ1n) is 19.5. The number of fused-ring (bicyclic) bond motifs is 3. The number of ether oxygens (including phenoxy) is 6. The van der Waals surface area contributed by atoms with E-state index in [1.807, 2.05) is 19.0 Å². The van der Waals surface area contributed by atoms with Gasteiger partial charge in [0.15, 0.2) is 18.9 Å². The number of hydrogen-bond acceptors (Lipinski definition) is 17. The molecule has 3 fully saturated rings. The van der Waals surface area contributed by atoms with Crippen molar-refractivity contribution in [2.24, 2.45) is 0 Å². The molecule has 0 radical (unpaired) electrons. The number of carbonyl (C=O) groups excluding carboxylic acids is 2. The van der Waals surface area contributed by atoms with Crippen molar-refractivity contribution < 1.29 is 78.9 Å². The molecule has 3 saturated heterocycles. The lowest BCUT2D eigenvalue weighted by molar-refractivity contribution is -0.328. The zero-order chi connectivity index (χ0) is 41.4. The molecule has 57 heavy (non-hydrogen) atoms. The van der Waals surface area contributed by atoms with Crippen LogP contribution in [-0.4, -0.2) is 145 Å². The fourth-order valence-corrected chi connectivity index (χ4v) is 9.04. The van der Waals surface area contributed by atoms with E-state index < -0.39 is 142 Å². The minimum atomic E-state index is -1.93. The standard InChI is InChI=1S/C40H53NO16/c1-7-40(51)14-23(29-32(39(40)50)36(49)31-30(35(29)48)33(46)27-20(43)8-9-21(44)28(27)34(31)47)55-25-12-18(41(5)6)37(16(3)53-25)57-26-13-22(45)38(17(4)54-26)56-24-11-10-19(42)15(2)52-24/h8-9,15-19,22-26,37-39,42-45,48-51H,7,10-14H2,1-6H3/t15?,16?,17?,18?,19?,22?,23-,24?,25?,26?,37?,38?,39+,40+/m0/s1. The normalized spacial score (nSPS) is 38.1. The second kappa shape index (κ2) is 15.6. The van der Waals surface area contributed by atoms with Gasteiger partial charge >= 0.3 is 0 Å². The van der Waals surface area contributed by atoms with Crippen molar-refractivity contribution in [3.05, 3.63) is 45.5 Å². The van der Waals surface area contributed by atoms with Crippen molar-refractivity contribution in [3.8, 4) is 23.0 Å². The van der Waals surface area contributed by atoms with E-state index in [0.717, 1.165) is 12.1 Å².